The van der Waals surface area contributed by atoms with Crippen molar-refractivity contribution >= 4 is 29.6 Å². The lowest BCUT2D eigenvalue weighted by Gasteiger charge is -2.12. The first-order chi connectivity index (χ1) is 5.47. The zero-order valence-corrected chi connectivity index (χ0v) is 8.26. The Labute approximate surface area is 82.4 Å². The fourth-order valence-electron chi connectivity index (χ4n) is 0.888. The Morgan fingerprint density at radius 3 is 2.00 bits per heavy atom. The van der Waals surface area contributed by atoms with E-state index in [4.69, 9.17) is 0 Å². The largest absolute Gasteiger partial charge is 0.482 e. The van der Waals surface area contributed by atoms with Gasteiger partial charge in [-0.3, -0.25) is 0 Å². The number of halogens is 4. The summed E-state index contributed by atoms with van der Waals surface area (Å²) in [6.45, 7) is -4.70. The molecule has 0 aromatic heterocycles. The topological polar surface area (TPSA) is 0 Å². The minimum absolute atomic E-state index is 0.336. The van der Waals surface area contributed by atoms with E-state index in [1.54, 1.807) is 12.1 Å². The lowest BCUT2D eigenvalue weighted by Crippen LogP contribution is -2.19. The Balaban J connectivity index is 2.71. The molecule has 1 aromatic carbocycles. The molecule has 0 saturated heterocycles. The predicted molar refractivity (Wildman–Crippen MR) is 51.9 cm³/mol. The van der Waals surface area contributed by atoms with Crippen molar-refractivity contribution in [2.45, 2.75) is 6.32 Å². The molecule has 0 spiro atoms. The van der Waals surface area contributed by atoms with Crippen LogP contribution < -0.4 is 0 Å². The lowest BCUT2D eigenvalue weighted by atomic mass is 9.82. The van der Waals surface area contributed by atoms with Crippen molar-refractivity contribution in [1.82, 2.24) is 0 Å². The Morgan fingerprint density at radius 2 is 1.58 bits per heavy atom. The molecule has 0 N–H and O–H groups in total. The molecule has 0 unspecified atom stereocenters. The van der Waals surface area contributed by atoms with Crippen LogP contribution in [-0.4, -0.2) is 6.98 Å². The summed E-state index contributed by atoms with van der Waals surface area (Å²) in [6, 6.07) is 6.38. The van der Waals surface area contributed by atoms with E-state index in [-0.39, 0.29) is 0 Å². The first-order valence-electron chi connectivity index (χ1n) is 3.43. The minimum atomic E-state index is -4.70. The van der Waals surface area contributed by atoms with Crippen molar-refractivity contribution in [3.63, 3.8) is 0 Å². The van der Waals surface area contributed by atoms with Gasteiger partial charge in [-0.15, -0.1) is 0 Å². The highest BCUT2D eigenvalue weighted by Crippen LogP contribution is 2.16. The molecular weight excluding hydrogens is 279 g/mol. The highest BCUT2D eigenvalue weighted by molar-refractivity contribution is 14.1. The third-order valence-electron chi connectivity index (χ3n) is 1.38. The molecule has 0 saturated carbocycles. The van der Waals surface area contributed by atoms with Gasteiger partial charge in [0.25, 0.3) is 0 Å². The molecule has 0 bridgehead atoms. The van der Waals surface area contributed by atoms with E-state index in [1.165, 1.54) is 12.1 Å². The highest BCUT2D eigenvalue weighted by atomic mass is 127. The maximum atomic E-state index is 11.9. The average Bonchev–Trinajstić information content (AvgIpc) is 1.91. The third kappa shape index (κ3) is 3.47. The molecule has 0 radical (unpaired) electrons. The molecule has 0 aliphatic heterocycles. The summed E-state index contributed by atoms with van der Waals surface area (Å²) in [6.07, 6.45) is -0.781. The monoisotopic (exact) mass is 285 g/mol. The molecule has 0 nitrogen and oxygen atoms in total. The van der Waals surface area contributed by atoms with Gasteiger partial charge in [-0.2, -0.15) is 0 Å². The molecule has 0 heterocycles. The SMILES string of the molecule is F[B-](F)(F)Cc1ccc(I)cc1. The zero-order chi connectivity index (χ0) is 9.19. The molecule has 66 valence electrons. The van der Waals surface area contributed by atoms with Gasteiger partial charge in [0.05, 0.1) is 0 Å². The maximum Gasteiger partial charge on any atom is 0.482 e. The molecule has 0 fully saturated rings. The normalized spacial score (nSPS) is 11.7. The molecule has 0 amide bonds. The van der Waals surface area contributed by atoms with Crippen LogP contribution in [0.4, 0.5) is 12.9 Å². The standard InChI is InChI=1S/C7H6BF3I/c9-8(10,11)5-6-1-3-7(12)4-2-6/h1-4H,5H2/q-1. The van der Waals surface area contributed by atoms with Crippen LogP contribution in [0.2, 0.25) is 0 Å². The Bertz CT molecular complexity index is 254. The second-order valence-electron chi connectivity index (χ2n) is 2.54. The van der Waals surface area contributed by atoms with Gasteiger partial charge in [0, 0.05) is 3.57 Å². The van der Waals surface area contributed by atoms with E-state index < -0.39 is 13.3 Å². The fourth-order valence-corrected chi connectivity index (χ4v) is 1.25. The van der Waals surface area contributed by atoms with Crippen LogP contribution in [0.5, 0.6) is 0 Å². The fraction of sp³-hybridized carbons (Fsp3) is 0.143. The van der Waals surface area contributed by atoms with Crippen LogP contribution in [0.3, 0.4) is 0 Å². The average molecular weight is 285 g/mol. The molecule has 1 rings (SSSR count). The van der Waals surface area contributed by atoms with Gasteiger partial charge in [-0.25, -0.2) is 0 Å². The Kier molecular flexibility index (Phi) is 3.03. The highest BCUT2D eigenvalue weighted by Gasteiger charge is 2.22. The van der Waals surface area contributed by atoms with E-state index in [1.807, 2.05) is 0 Å². The first-order valence-corrected chi connectivity index (χ1v) is 4.51. The van der Waals surface area contributed by atoms with E-state index in [9.17, 15) is 12.9 Å². The molecule has 0 atom stereocenters. The van der Waals surface area contributed by atoms with Crippen molar-refractivity contribution in [3.05, 3.63) is 33.4 Å². The van der Waals surface area contributed by atoms with Crippen LogP contribution in [-0.2, 0) is 6.32 Å². The minimum Gasteiger partial charge on any atom is -0.449 e. The summed E-state index contributed by atoms with van der Waals surface area (Å²) < 4.78 is 36.7. The molecular formula is C7H6BF3I-. The molecule has 0 aliphatic carbocycles. The summed E-state index contributed by atoms with van der Waals surface area (Å²) in [7, 11) is 0. The number of benzene rings is 1. The van der Waals surface area contributed by atoms with Crippen LogP contribution in [0.25, 0.3) is 0 Å². The quantitative estimate of drug-likeness (QED) is 0.578. The first kappa shape index (κ1) is 9.89. The number of hydrogen-bond donors (Lipinski definition) is 0. The van der Waals surface area contributed by atoms with Crippen LogP contribution in [0.15, 0.2) is 24.3 Å². The van der Waals surface area contributed by atoms with E-state index in [0.717, 1.165) is 3.57 Å². The van der Waals surface area contributed by atoms with Gasteiger partial charge in [0.1, 0.15) is 0 Å². The van der Waals surface area contributed by atoms with Crippen molar-refractivity contribution in [3.8, 4) is 0 Å². The Morgan fingerprint density at radius 1 is 1.08 bits per heavy atom. The Hall–Kier alpha value is -0.195. The van der Waals surface area contributed by atoms with Gasteiger partial charge < -0.3 is 12.9 Å². The zero-order valence-electron chi connectivity index (χ0n) is 6.11. The van der Waals surface area contributed by atoms with Crippen molar-refractivity contribution in [2.24, 2.45) is 0 Å². The van der Waals surface area contributed by atoms with E-state index in [2.05, 4.69) is 22.6 Å². The number of hydrogen-bond acceptors (Lipinski definition) is 0. The van der Waals surface area contributed by atoms with Gasteiger partial charge in [-0.1, -0.05) is 24.0 Å². The van der Waals surface area contributed by atoms with Crippen molar-refractivity contribution < 1.29 is 12.9 Å². The molecule has 1 aromatic rings. The molecule has 5 heteroatoms. The molecule has 12 heavy (non-hydrogen) atoms. The predicted octanol–water partition coefficient (Wildman–Crippen LogP) is 3.22. The summed E-state index contributed by atoms with van der Waals surface area (Å²) in [5.74, 6) is 0. The van der Waals surface area contributed by atoms with Gasteiger partial charge in [0.15, 0.2) is 0 Å². The smallest absolute Gasteiger partial charge is 0.449 e. The second-order valence-corrected chi connectivity index (χ2v) is 3.79. The van der Waals surface area contributed by atoms with Crippen LogP contribution in [0.1, 0.15) is 5.56 Å². The summed E-state index contributed by atoms with van der Waals surface area (Å²) in [5.41, 5.74) is 0.336. The van der Waals surface area contributed by atoms with Crippen LogP contribution in [0, 0.1) is 3.57 Å². The van der Waals surface area contributed by atoms with Crippen molar-refractivity contribution in [2.75, 3.05) is 0 Å². The van der Waals surface area contributed by atoms with Gasteiger partial charge >= 0.3 is 6.98 Å². The maximum absolute atomic E-state index is 11.9. The third-order valence-corrected chi connectivity index (χ3v) is 2.10. The number of rotatable bonds is 2. The summed E-state index contributed by atoms with van der Waals surface area (Å²) in [4.78, 5) is 0. The summed E-state index contributed by atoms with van der Waals surface area (Å²) >= 11 is 2.06. The lowest BCUT2D eigenvalue weighted by molar-refractivity contribution is 0.468. The van der Waals surface area contributed by atoms with Crippen molar-refractivity contribution in [1.29, 1.82) is 0 Å². The van der Waals surface area contributed by atoms with Gasteiger partial charge in [-0.05, 0) is 34.7 Å². The summed E-state index contributed by atoms with van der Waals surface area (Å²) in [5, 5.41) is 0. The second kappa shape index (κ2) is 3.68. The van der Waals surface area contributed by atoms with E-state index >= 15 is 0 Å². The van der Waals surface area contributed by atoms with Crippen LogP contribution >= 0.6 is 22.6 Å². The van der Waals surface area contributed by atoms with Gasteiger partial charge in [0.2, 0.25) is 0 Å². The molecule has 0 aliphatic rings. The van der Waals surface area contributed by atoms with E-state index in [0.29, 0.717) is 5.56 Å².